The van der Waals surface area contributed by atoms with E-state index in [1.807, 2.05) is 90.1 Å². The predicted molar refractivity (Wildman–Crippen MR) is 197 cm³/mol. The minimum Gasteiger partial charge on any atom is -0.456 e. The van der Waals surface area contributed by atoms with Crippen LogP contribution < -0.4 is 0 Å². The van der Waals surface area contributed by atoms with Crippen LogP contribution in [0.5, 0.6) is 0 Å². The monoisotopic (exact) mass is 804 g/mol. The second-order valence-corrected chi connectivity index (χ2v) is 15.5. The molecule has 0 fully saturated rings. The van der Waals surface area contributed by atoms with E-state index in [9.17, 15) is 9.59 Å². The molecule has 0 aliphatic carbocycles. The maximum absolute atomic E-state index is 12.3. The number of carbonyl (C=O) groups is 2. The molecule has 2 aromatic heterocycles. The molecule has 0 N–H and O–H groups in total. The van der Waals surface area contributed by atoms with Crippen LogP contribution in [0.3, 0.4) is 0 Å². The molecular weight excluding hydrogens is 768 g/mol. The molecule has 4 aromatic rings. The normalized spacial score (nSPS) is 17.0. The van der Waals surface area contributed by atoms with Crippen molar-refractivity contribution in [2.45, 2.75) is 77.8 Å². The molecule has 50 heavy (non-hydrogen) atoms. The van der Waals surface area contributed by atoms with Gasteiger partial charge in [-0.3, -0.25) is 9.97 Å². The molecule has 0 saturated carbocycles. The van der Waals surface area contributed by atoms with Gasteiger partial charge in [0.2, 0.25) is 0 Å². The van der Waals surface area contributed by atoms with Crippen molar-refractivity contribution in [2.75, 3.05) is 0 Å². The first kappa shape index (κ1) is 36.9. The molecule has 0 spiro atoms. The van der Waals surface area contributed by atoms with E-state index in [-0.39, 0.29) is 24.1 Å². The fourth-order valence-electron chi connectivity index (χ4n) is 4.97. The summed E-state index contributed by atoms with van der Waals surface area (Å²) in [5.74, 6) is -0.730. The standard InChI is InChI=1S/2C19H19BrN2O3/c2*1-19(2,3)24-18(23)13-8-12(9-14(20)10-13)16-11-17(25-22-16)15-6-4-5-7-21-15/h2*4-10,17H,11H2,1-3H3/t2*17-/m10/s1. The molecule has 0 amide bonds. The number of halogens is 2. The molecule has 260 valence electrons. The molecule has 0 radical (unpaired) electrons. The molecular formula is C38H38Br2N4O6. The number of rotatable bonds is 6. The Kier molecular flexibility index (Phi) is 11.5. The average molecular weight is 807 g/mol. The Morgan fingerprint density at radius 3 is 1.38 bits per heavy atom. The zero-order valence-corrected chi connectivity index (χ0v) is 31.8. The Bertz CT molecular complexity index is 1770. The Labute approximate surface area is 308 Å². The van der Waals surface area contributed by atoms with Crippen LogP contribution in [0.1, 0.15) is 110 Å². The summed E-state index contributed by atoms with van der Waals surface area (Å²) in [7, 11) is 0. The number of benzene rings is 2. The van der Waals surface area contributed by atoms with Gasteiger partial charge >= 0.3 is 11.9 Å². The van der Waals surface area contributed by atoms with Crippen LogP contribution >= 0.6 is 31.9 Å². The quantitative estimate of drug-likeness (QED) is 0.177. The summed E-state index contributed by atoms with van der Waals surface area (Å²) < 4.78 is 12.5. The number of hydrogen-bond donors (Lipinski definition) is 0. The highest BCUT2D eigenvalue weighted by molar-refractivity contribution is 9.10. The molecule has 10 nitrogen and oxygen atoms in total. The van der Waals surface area contributed by atoms with Crippen molar-refractivity contribution < 1.29 is 28.7 Å². The summed E-state index contributed by atoms with van der Waals surface area (Å²) in [5.41, 5.74) is 4.75. The van der Waals surface area contributed by atoms with Crippen molar-refractivity contribution in [3.8, 4) is 0 Å². The highest BCUT2D eigenvalue weighted by atomic mass is 79.9. The first-order valence-electron chi connectivity index (χ1n) is 16.0. The lowest BCUT2D eigenvalue weighted by Gasteiger charge is -2.19. The molecule has 0 bridgehead atoms. The number of hydrogen-bond acceptors (Lipinski definition) is 10. The second-order valence-electron chi connectivity index (χ2n) is 13.6. The third kappa shape index (κ3) is 10.3. The molecule has 2 aliphatic rings. The molecule has 4 heterocycles. The van der Waals surface area contributed by atoms with E-state index in [1.165, 1.54) is 0 Å². The highest BCUT2D eigenvalue weighted by Crippen LogP contribution is 2.31. The number of pyridine rings is 2. The van der Waals surface area contributed by atoms with Crippen molar-refractivity contribution in [1.82, 2.24) is 9.97 Å². The second kappa shape index (κ2) is 15.6. The third-order valence-electron chi connectivity index (χ3n) is 7.10. The van der Waals surface area contributed by atoms with Crippen molar-refractivity contribution >= 4 is 55.2 Å². The maximum Gasteiger partial charge on any atom is 0.338 e. The third-order valence-corrected chi connectivity index (χ3v) is 8.02. The summed E-state index contributed by atoms with van der Waals surface area (Å²) >= 11 is 6.90. The topological polar surface area (TPSA) is 122 Å². The van der Waals surface area contributed by atoms with Gasteiger partial charge in [0.05, 0.1) is 33.9 Å². The number of aromatic nitrogens is 2. The zero-order valence-electron chi connectivity index (χ0n) is 28.6. The van der Waals surface area contributed by atoms with Crippen molar-refractivity contribution in [3.63, 3.8) is 0 Å². The summed E-state index contributed by atoms with van der Waals surface area (Å²) in [6, 6.07) is 22.3. The minimum atomic E-state index is -0.544. The van der Waals surface area contributed by atoms with Crippen molar-refractivity contribution in [1.29, 1.82) is 0 Å². The van der Waals surface area contributed by atoms with Gasteiger partial charge in [0.25, 0.3) is 0 Å². The maximum atomic E-state index is 12.3. The first-order chi connectivity index (χ1) is 23.6. The van der Waals surface area contributed by atoms with E-state index < -0.39 is 11.2 Å². The van der Waals surface area contributed by atoms with Crippen LogP contribution in [0.15, 0.2) is 104 Å². The van der Waals surface area contributed by atoms with E-state index in [4.69, 9.17) is 19.1 Å². The number of nitrogens with zero attached hydrogens (tertiary/aromatic N) is 4. The van der Waals surface area contributed by atoms with E-state index in [2.05, 4.69) is 52.1 Å². The van der Waals surface area contributed by atoms with Crippen LogP contribution in [0.4, 0.5) is 0 Å². The summed E-state index contributed by atoms with van der Waals surface area (Å²) in [4.78, 5) is 44.3. The summed E-state index contributed by atoms with van der Waals surface area (Å²) in [6.45, 7) is 11.1. The van der Waals surface area contributed by atoms with E-state index in [0.29, 0.717) is 24.0 Å². The van der Waals surface area contributed by atoms with Crippen LogP contribution in [0, 0.1) is 0 Å². The number of esters is 2. The van der Waals surface area contributed by atoms with E-state index in [1.54, 1.807) is 36.7 Å². The zero-order chi connectivity index (χ0) is 36.1. The van der Waals surface area contributed by atoms with Gasteiger partial charge in [-0.05, 0) is 102 Å². The van der Waals surface area contributed by atoms with Crippen LogP contribution in [0.25, 0.3) is 0 Å². The number of carbonyl (C=O) groups excluding carboxylic acids is 2. The molecule has 0 unspecified atom stereocenters. The molecule has 2 atom stereocenters. The van der Waals surface area contributed by atoms with Crippen LogP contribution in [-0.2, 0) is 19.1 Å². The summed E-state index contributed by atoms with van der Waals surface area (Å²) in [5, 5.41) is 8.37. The lowest BCUT2D eigenvalue weighted by atomic mass is 10.0. The van der Waals surface area contributed by atoms with Gasteiger partial charge in [0.15, 0.2) is 12.2 Å². The average Bonchev–Trinajstić information content (AvgIpc) is 3.75. The molecule has 2 aliphatic heterocycles. The Balaban J connectivity index is 0.000000194. The minimum absolute atomic E-state index is 0.208. The number of ether oxygens (including phenoxy) is 2. The lowest BCUT2D eigenvalue weighted by Crippen LogP contribution is -2.24. The summed E-state index contributed by atoms with van der Waals surface area (Å²) in [6.07, 6.45) is 4.25. The smallest absolute Gasteiger partial charge is 0.338 e. The van der Waals surface area contributed by atoms with Crippen LogP contribution in [-0.4, -0.2) is 44.5 Å². The van der Waals surface area contributed by atoms with Crippen molar-refractivity contribution in [3.05, 3.63) is 128 Å². The highest BCUT2D eigenvalue weighted by Gasteiger charge is 2.28. The van der Waals surface area contributed by atoms with Gasteiger partial charge in [-0.2, -0.15) is 0 Å². The molecule has 0 saturated heterocycles. The predicted octanol–water partition coefficient (Wildman–Crippen LogP) is 9.33. The largest absolute Gasteiger partial charge is 0.456 e. The molecule has 12 heteroatoms. The Hall–Kier alpha value is -4.42. The Morgan fingerprint density at radius 2 is 1.04 bits per heavy atom. The van der Waals surface area contributed by atoms with Crippen LogP contribution in [0.2, 0.25) is 0 Å². The Morgan fingerprint density at radius 1 is 0.640 bits per heavy atom. The SMILES string of the molecule is CC(C)(C)OC(=O)c1cc(Br)cc(C2=NO[C@@H](c3ccccn3)C2)c1.CC(C)(C)OC(=O)c1cc(Br)cc(C2=NO[C@H](c3ccccn3)C2)c1. The van der Waals surface area contributed by atoms with Gasteiger partial charge in [-0.15, -0.1) is 0 Å². The van der Waals surface area contributed by atoms with Gasteiger partial charge in [-0.1, -0.05) is 54.3 Å². The van der Waals surface area contributed by atoms with Gasteiger partial charge in [-0.25, -0.2) is 9.59 Å². The first-order valence-corrected chi connectivity index (χ1v) is 17.6. The lowest BCUT2D eigenvalue weighted by molar-refractivity contribution is 0.00569. The molecule has 2 aromatic carbocycles. The van der Waals surface area contributed by atoms with Gasteiger partial charge in [0, 0.05) is 45.3 Å². The molecule has 6 rings (SSSR count). The van der Waals surface area contributed by atoms with Gasteiger partial charge in [0.1, 0.15) is 11.2 Å². The van der Waals surface area contributed by atoms with Crippen molar-refractivity contribution in [2.24, 2.45) is 10.3 Å². The van der Waals surface area contributed by atoms with Gasteiger partial charge < -0.3 is 19.1 Å². The fraction of sp³-hybridized carbons (Fsp3) is 0.316. The van der Waals surface area contributed by atoms with E-state index >= 15 is 0 Å². The fourth-order valence-corrected chi connectivity index (χ4v) is 5.95. The van der Waals surface area contributed by atoms with E-state index in [0.717, 1.165) is 42.9 Å². The number of oxime groups is 2.